The Bertz CT molecular complexity index is 827. The lowest BCUT2D eigenvalue weighted by molar-refractivity contribution is -0.0448. The number of halogens is 1. The van der Waals surface area contributed by atoms with E-state index >= 15 is 0 Å². The van der Waals surface area contributed by atoms with Crippen LogP contribution in [0.3, 0.4) is 0 Å². The summed E-state index contributed by atoms with van der Waals surface area (Å²) < 4.78 is 13.7. The minimum atomic E-state index is -0.263. The molecule has 1 unspecified atom stereocenters. The zero-order valence-corrected chi connectivity index (χ0v) is 12.9. The van der Waals surface area contributed by atoms with Crippen LogP contribution in [-0.2, 0) is 6.42 Å². The van der Waals surface area contributed by atoms with E-state index in [-0.39, 0.29) is 11.9 Å². The van der Waals surface area contributed by atoms with Crippen LogP contribution in [0, 0.1) is 5.82 Å². The molecule has 0 fully saturated rings. The first-order chi connectivity index (χ1) is 11.8. The summed E-state index contributed by atoms with van der Waals surface area (Å²) in [6.45, 7) is 0. The van der Waals surface area contributed by atoms with Crippen LogP contribution >= 0.6 is 0 Å². The van der Waals surface area contributed by atoms with E-state index in [9.17, 15) is 4.39 Å². The van der Waals surface area contributed by atoms with Gasteiger partial charge >= 0.3 is 0 Å². The van der Waals surface area contributed by atoms with Crippen molar-refractivity contribution in [3.63, 3.8) is 0 Å². The number of benzene rings is 2. The molecular formula is C19H16FN3O. The van der Waals surface area contributed by atoms with Crippen LogP contribution < -0.4 is 10.3 Å². The summed E-state index contributed by atoms with van der Waals surface area (Å²) in [4.78, 5) is 9.89. The van der Waals surface area contributed by atoms with Crippen molar-refractivity contribution in [1.82, 2.24) is 10.2 Å². The third-order valence-electron chi connectivity index (χ3n) is 4.00. The van der Waals surface area contributed by atoms with Gasteiger partial charge < -0.3 is 4.84 Å². The van der Waals surface area contributed by atoms with Crippen LogP contribution in [0.1, 0.15) is 17.2 Å². The predicted molar refractivity (Wildman–Crippen MR) is 89.6 cm³/mol. The van der Waals surface area contributed by atoms with Gasteiger partial charge in [-0.3, -0.25) is 10.4 Å². The van der Waals surface area contributed by atoms with E-state index in [4.69, 9.17) is 4.84 Å². The van der Waals surface area contributed by atoms with Crippen molar-refractivity contribution >= 4 is 5.69 Å². The lowest BCUT2D eigenvalue weighted by atomic mass is 9.99. The van der Waals surface area contributed by atoms with E-state index in [0.717, 1.165) is 16.8 Å². The third kappa shape index (κ3) is 2.94. The van der Waals surface area contributed by atoms with Gasteiger partial charge in [0.05, 0.1) is 5.69 Å². The van der Waals surface area contributed by atoms with Crippen LogP contribution in [-0.4, -0.2) is 10.2 Å². The van der Waals surface area contributed by atoms with Gasteiger partial charge in [0.15, 0.2) is 5.75 Å². The molecule has 0 saturated heterocycles. The van der Waals surface area contributed by atoms with Gasteiger partial charge in [0.1, 0.15) is 11.9 Å². The SMILES string of the molecule is Fc1ccc2c(c1)C(Cc1ccccc1)N(Nc1ccncc1)O2. The molecule has 2 heterocycles. The summed E-state index contributed by atoms with van der Waals surface area (Å²) in [5.41, 5.74) is 6.07. The molecule has 0 aliphatic carbocycles. The average molecular weight is 321 g/mol. The van der Waals surface area contributed by atoms with Gasteiger partial charge in [-0.25, -0.2) is 4.39 Å². The van der Waals surface area contributed by atoms with Crippen molar-refractivity contribution < 1.29 is 9.23 Å². The normalized spacial score (nSPS) is 16.5. The van der Waals surface area contributed by atoms with Crippen molar-refractivity contribution in [3.05, 3.63) is 90.0 Å². The van der Waals surface area contributed by atoms with Crippen LogP contribution in [0.15, 0.2) is 73.1 Å². The molecule has 3 aromatic rings. The maximum Gasteiger partial charge on any atom is 0.155 e. The molecule has 0 bridgehead atoms. The van der Waals surface area contributed by atoms with Gasteiger partial charge in [-0.15, -0.1) is 0 Å². The number of fused-ring (bicyclic) bond motifs is 1. The molecule has 1 aliphatic heterocycles. The molecule has 0 radical (unpaired) electrons. The van der Waals surface area contributed by atoms with Gasteiger partial charge in [-0.1, -0.05) is 30.3 Å². The Morgan fingerprint density at radius 1 is 1.04 bits per heavy atom. The molecule has 0 saturated carbocycles. The highest BCUT2D eigenvalue weighted by atomic mass is 19.1. The number of nitrogens with one attached hydrogen (secondary N) is 1. The van der Waals surface area contributed by atoms with Crippen molar-refractivity contribution in [2.24, 2.45) is 0 Å². The standard InChI is InChI=1S/C19H16FN3O/c20-15-6-7-19-17(13-15)18(12-14-4-2-1-3-5-14)23(24-19)22-16-8-10-21-11-9-16/h1-11,13,18H,12H2,(H,21,22). The highest BCUT2D eigenvalue weighted by molar-refractivity contribution is 5.44. The number of nitrogens with zero attached hydrogens (tertiary/aromatic N) is 2. The molecule has 1 N–H and O–H groups in total. The molecule has 2 aromatic carbocycles. The number of aromatic nitrogens is 1. The van der Waals surface area contributed by atoms with Gasteiger partial charge in [0, 0.05) is 18.0 Å². The van der Waals surface area contributed by atoms with Gasteiger partial charge in [0.2, 0.25) is 0 Å². The molecule has 1 aliphatic rings. The van der Waals surface area contributed by atoms with Crippen LogP contribution in [0.5, 0.6) is 5.75 Å². The summed E-state index contributed by atoms with van der Waals surface area (Å²) in [7, 11) is 0. The fourth-order valence-electron chi connectivity index (χ4n) is 2.84. The van der Waals surface area contributed by atoms with E-state index in [1.54, 1.807) is 23.6 Å². The fourth-order valence-corrected chi connectivity index (χ4v) is 2.84. The van der Waals surface area contributed by atoms with E-state index in [2.05, 4.69) is 22.5 Å². The number of hydroxylamine groups is 1. The summed E-state index contributed by atoms with van der Waals surface area (Å²) in [5.74, 6) is 0.403. The molecule has 0 amide bonds. The van der Waals surface area contributed by atoms with Crippen molar-refractivity contribution in [2.45, 2.75) is 12.5 Å². The van der Waals surface area contributed by atoms with E-state index in [0.29, 0.717) is 12.2 Å². The smallest absolute Gasteiger partial charge is 0.155 e. The third-order valence-corrected chi connectivity index (χ3v) is 4.00. The highest BCUT2D eigenvalue weighted by Gasteiger charge is 2.33. The van der Waals surface area contributed by atoms with Gasteiger partial charge in [-0.05, 0) is 47.5 Å². The maximum atomic E-state index is 13.7. The number of hydrogen-bond donors (Lipinski definition) is 1. The summed E-state index contributed by atoms with van der Waals surface area (Å²) >= 11 is 0. The molecule has 4 nitrogen and oxygen atoms in total. The largest absolute Gasteiger partial charge is 0.385 e. The maximum absolute atomic E-state index is 13.7. The minimum Gasteiger partial charge on any atom is -0.385 e. The molecule has 1 aromatic heterocycles. The molecule has 1 atom stereocenters. The molecule has 0 spiro atoms. The lowest BCUT2D eigenvalue weighted by Gasteiger charge is -2.24. The molecular weight excluding hydrogens is 305 g/mol. The van der Waals surface area contributed by atoms with Gasteiger partial charge in [-0.2, -0.15) is 0 Å². The number of pyridine rings is 1. The zero-order valence-electron chi connectivity index (χ0n) is 12.9. The first kappa shape index (κ1) is 14.7. The fraction of sp³-hybridized carbons (Fsp3) is 0.105. The summed E-state index contributed by atoms with van der Waals surface area (Å²) in [6, 6.07) is 18.3. The predicted octanol–water partition coefficient (Wildman–Crippen LogP) is 4.14. The van der Waals surface area contributed by atoms with Crippen LogP contribution in [0.4, 0.5) is 10.1 Å². The highest BCUT2D eigenvalue weighted by Crippen LogP contribution is 2.39. The average Bonchev–Trinajstić information content (AvgIpc) is 2.94. The first-order valence-corrected chi connectivity index (χ1v) is 7.77. The van der Waals surface area contributed by atoms with Crippen molar-refractivity contribution in [1.29, 1.82) is 0 Å². The molecule has 5 heteroatoms. The number of hydrazine groups is 1. The molecule has 120 valence electrons. The summed E-state index contributed by atoms with van der Waals surface area (Å²) in [6.07, 6.45) is 4.12. The number of anilines is 1. The Labute approximate surface area is 139 Å². The van der Waals surface area contributed by atoms with Crippen LogP contribution in [0.2, 0.25) is 0 Å². The Morgan fingerprint density at radius 3 is 2.62 bits per heavy atom. The van der Waals surface area contributed by atoms with E-state index in [1.165, 1.54) is 12.1 Å². The molecule has 4 rings (SSSR count). The Kier molecular flexibility index (Phi) is 3.84. The second kappa shape index (κ2) is 6.29. The van der Waals surface area contributed by atoms with Crippen molar-refractivity contribution in [2.75, 3.05) is 5.43 Å². The van der Waals surface area contributed by atoms with Crippen molar-refractivity contribution in [3.8, 4) is 5.75 Å². The summed E-state index contributed by atoms with van der Waals surface area (Å²) in [5, 5.41) is 1.67. The monoisotopic (exact) mass is 321 g/mol. The Balaban J connectivity index is 1.65. The van der Waals surface area contributed by atoms with E-state index in [1.807, 2.05) is 30.3 Å². The van der Waals surface area contributed by atoms with Crippen LogP contribution in [0.25, 0.3) is 0 Å². The molecule has 24 heavy (non-hydrogen) atoms. The first-order valence-electron chi connectivity index (χ1n) is 7.77. The van der Waals surface area contributed by atoms with Gasteiger partial charge in [0.25, 0.3) is 0 Å². The second-order valence-electron chi connectivity index (χ2n) is 5.65. The number of hydrogen-bond acceptors (Lipinski definition) is 4. The number of rotatable bonds is 4. The topological polar surface area (TPSA) is 37.4 Å². The zero-order chi connectivity index (χ0) is 16.4. The minimum absolute atomic E-state index is 0.133. The Hall–Kier alpha value is -2.92. The van der Waals surface area contributed by atoms with E-state index < -0.39 is 0 Å². The lowest BCUT2D eigenvalue weighted by Crippen LogP contribution is -2.33. The Morgan fingerprint density at radius 2 is 1.83 bits per heavy atom. The second-order valence-corrected chi connectivity index (χ2v) is 5.65. The quantitative estimate of drug-likeness (QED) is 0.783.